The predicted molar refractivity (Wildman–Crippen MR) is 71.0 cm³/mol. The van der Waals surface area contributed by atoms with Gasteiger partial charge >= 0.3 is 0 Å². The molecular formula is C10H11FN4O2S2. The number of rotatable bonds is 3. The molecule has 6 nitrogen and oxygen atoms in total. The minimum absolute atomic E-state index is 0.00272. The molecule has 1 aromatic carbocycles. The van der Waals surface area contributed by atoms with Crippen LogP contribution in [-0.4, -0.2) is 17.8 Å². The van der Waals surface area contributed by atoms with Crippen LogP contribution in [0.15, 0.2) is 17.0 Å². The second kappa shape index (κ2) is 4.74. The minimum atomic E-state index is -3.94. The molecule has 2 aromatic rings. The zero-order valence-electron chi connectivity index (χ0n) is 10.1. The van der Waals surface area contributed by atoms with Gasteiger partial charge in [0.2, 0.25) is 5.13 Å². The molecule has 9 heteroatoms. The third kappa shape index (κ3) is 2.82. The fourth-order valence-electron chi connectivity index (χ4n) is 1.46. The lowest BCUT2D eigenvalue weighted by molar-refractivity contribution is 0.591. The van der Waals surface area contributed by atoms with Crippen molar-refractivity contribution in [3.8, 4) is 0 Å². The van der Waals surface area contributed by atoms with Crippen molar-refractivity contribution in [2.75, 3.05) is 10.5 Å². The Morgan fingerprint density at radius 3 is 2.63 bits per heavy atom. The number of anilines is 2. The van der Waals surface area contributed by atoms with Crippen LogP contribution in [0.25, 0.3) is 0 Å². The lowest BCUT2D eigenvalue weighted by Crippen LogP contribution is -2.15. The van der Waals surface area contributed by atoms with E-state index in [9.17, 15) is 12.8 Å². The van der Waals surface area contributed by atoms with Crippen LogP contribution in [0.5, 0.6) is 0 Å². The summed E-state index contributed by atoms with van der Waals surface area (Å²) in [5.41, 5.74) is 5.51. The predicted octanol–water partition coefficient (Wildman–Crippen LogP) is 1.68. The number of nitrogens with one attached hydrogen (secondary N) is 1. The van der Waals surface area contributed by atoms with E-state index in [4.69, 9.17) is 5.73 Å². The molecule has 0 aliphatic carbocycles. The van der Waals surface area contributed by atoms with Gasteiger partial charge in [-0.05, 0) is 26.0 Å². The molecule has 0 unspecified atom stereocenters. The summed E-state index contributed by atoms with van der Waals surface area (Å²) < 4.78 is 43.9. The monoisotopic (exact) mass is 302 g/mol. The van der Waals surface area contributed by atoms with Gasteiger partial charge < -0.3 is 5.73 Å². The minimum Gasteiger partial charge on any atom is -0.399 e. The van der Waals surface area contributed by atoms with Crippen LogP contribution in [0.2, 0.25) is 0 Å². The Balaban J connectivity index is 2.45. The summed E-state index contributed by atoms with van der Waals surface area (Å²) in [5.74, 6) is -0.216. The van der Waals surface area contributed by atoms with Crippen LogP contribution in [0.4, 0.5) is 15.2 Å². The van der Waals surface area contributed by atoms with E-state index >= 15 is 0 Å². The molecule has 0 radical (unpaired) electrons. The molecule has 0 aliphatic heterocycles. The smallest absolute Gasteiger partial charge is 0.264 e. The number of nitrogens with zero attached hydrogens (tertiary/aromatic N) is 2. The number of halogens is 1. The van der Waals surface area contributed by atoms with Gasteiger partial charge in [0.05, 0.1) is 4.90 Å². The molecule has 0 saturated heterocycles. The Morgan fingerprint density at radius 1 is 1.37 bits per heavy atom. The number of nitrogens with two attached hydrogens (primary N) is 1. The molecule has 0 saturated carbocycles. The Bertz CT molecular complexity index is 727. The molecule has 102 valence electrons. The van der Waals surface area contributed by atoms with Crippen molar-refractivity contribution < 1.29 is 12.8 Å². The summed E-state index contributed by atoms with van der Waals surface area (Å²) in [4.78, 5) is 3.68. The van der Waals surface area contributed by atoms with Crippen LogP contribution in [0.1, 0.15) is 11.4 Å². The third-order valence-corrected chi connectivity index (χ3v) is 4.67. The molecule has 1 heterocycles. The molecular weight excluding hydrogens is 291 g/mol. The van der Waals surface area contributed by atoms with Gasteiger partial charge in [-0.1, -0.05) is 0 Å². The van der Waals surface area contributed by atoms with Gasteiger partial charge in [0.15, 0.2) is 0 Å². The van der Waals surface area contributed by atoms with Crippen LogP contribution in [-0.2, 0) is 10.0 Å². The Kier molecular flexibility index (Phi) is 3.42. The lowest BCUT2D eigenvalue weighted by Gasteiger charge is -2.09. The van der Waals surface area contributed by atoms with E-state index in [0.29, 0.717) is 5.82 Å². The highest BCUT2D eigenvalue weighted by molar-refractivity contribution is 7.93. The van der Waals surface area contributed by atoms with Crippen LogP contribution >= 0.6 is 11.5 Å². The Hall–Kier alpha value is -1.74. The van der Waals surface area contributed by atoms with Crippen molar-refractivity contribution in [1.29, 1.82) is 0 Å². The molecule has 19 heavy (non-hydrogen) atoms. The van der Waals surface area contributed by atoms with Gasteiger partial charge in [-0.25, -0.2) is 17.8 Å². The van der Waals surface area contributed by atoms with Crippen LogP contribution in [0, 0.1) is 19.7 Å². The number of benzene rings is 1. The Labute approximate surface area is 113 Å². The third-order valence-electron chi connectivity index (χ3n) is 2.36. The first-order valence-corrected chi connectivity index (χ1v) is 7.44. The Morgan fingerprint density at radius 2 is 2.05 bits per heavy atom. The zero-order valence-corrected chi connectivity index (χ0v) is 11.8. The molecule has 0 atom stereocenters. The summed E-state index contributed by atoms with van der Waals surface area (Å²) in [7, 11) is -3.94. The molecule has 1 aromatic heterocycles. The summed E-state index contributed by atoms with van der Waals surface area (Å²) in [5, 5.41) is 0.125. The van der Waals surface area contributed by atoms with Gasteiger partial charge in [-0.15, -0.1) is 0 Å². The van der Waals surface area contributed by atoms with Gasteiger partial charge in [0.1, 0.15) is 11.6 Å². The van der Waals surface area contributed by atoms with Gasteiger partial charge in [-0.2, -0.15) is 4.37 Å². The average molecular weight is 302 g/mol. The van der Waals surface area contributed by atoms with Gasteiger partial charge in [0.25, 0.3) is 10.0 Å². The quantitative estimate of drug-likeness (QED) is 0.841. The number of aromatic nitrogens is 2. The maximum Gasteiger partial charge on any atom is 0.264 e. The van der Waals surface area contributed by atoms with E-state index in [1.165, 1.54) is 13.0 Å². The maximum atomic E-state index is 13.5. The summed E-state index contributed by atoms with van der Waals surface area (Å²) in [6.07, 6.45) is 0. The highest BCUT2D eigenvalue weighted by Gasteiger charge is 2.21. The van der Waals surface area contributed by atoms with Crippen LogP contribution in [0.3, 0.4) is 0 Å². The summed E-state index contributed by atoms with van der Waals surface area (Å²) in [6, 6.07) is 2.28. The van der Waals surface area contributed by atoms with Crippen molar-refractivity contribution in [2.24, 2.45) is 0 Å². The topological polar surface area (TPSA) is 98.0 Å². The first-order valence-electron chi connectivity index (χ1n) is 5.18. The van der Waals surface area contributed by atoms with E-state index < -0.39 is 15.8 Å². The average Bonchev–Trinajstić information content (AvgIpc) is 2.68. The van der Waals surface area contributed by atoms with Crippen molar-refractivity contribution >= 4 is 32.4 Å². The van der Waals surface area contributed by atoms with E-state index in [2.05, 4.69) is 14.1 Å². The number of hydrogen-bond acceptors (Lipinski definition) is 6. The highest BCUT2D eigenvalue weighted by Crippen LogP contribution is 2.24. The number of hydrogen-bond donors (Lipinski definition) is 2. The van der Waals surface area contributed by atoms with Crippen molar-refractivity contribution in [2.45, 2.75) is 18.7 Å². The summed E-state index contributed by atoms with van der Waals surface area (Å²) >= 11 is 0.909. The molecule has 3 N–H and O–H groups in total. The number of nitrogen functional groups attached to an aromatic ring is 1. The first kappa shape index (κ1) is 13.7. The highest BCUT2D eigenvalue weighted by atomic mass is 32.2. The largest absolute Gasteiger partial charge is 0.399 e. The zero-order chi connectivity index (χ0) is 14.2. The second-order valence-electron chi connectivity index (χ2n) is 3.88. The fourth-order valence-corrected chi connectivity index (χ4v) is 3.55. The van der Waals surface area contributed by atoms with E-state index in [1.807, 2.05) is 0 Å². The number of aryl methyl sites for hydroxylation is 1. The normalized spacial score (nSPS) is 11.5. The van der Waals surface area contributed by atoms with Gasteiger partial charge in [-0.3, -0.25) is 4.72 Å². The summed E-state index contributed by atoms with van der Waals surface area (Å²) in [6.45, 7) is 3.01. The van der Waals surface area contributed by atoms with Gasteiger partial charge in [0, 0.05) is 22.8 Å². The van der Waals surface area contributed by atoms with Crippen molar-refractivity contribution in [3.63, 3.8) is 0 Å². The second-order valence-corrected chi connectivity index (χ2v) is 6.28. The standard InChI is InChI=1S/C10H11FN4O2S2/c1-5-8(11)3-7(12)4-9(5)19(16,17)15-10-13-6(2)14-18-10/h3-4H,12H2,1-2H3,(H,13,14,15). The fraction of sp³-hybridized carbons (Fsp3) is 0.200. The first-order chi connectivity index (χ1) is 8.79. The molecule has 0 bridgehead atoms. The molecule has 0 amide bonds. The molecule has 0 spiro atoms. The molecule has 0 aliphatic rings. The molecule has 2 rings (SSSR count). The van der Waals surface area contributed by atoms with E-state index in [1.54, 1.807) is 6.92 Å². The van der Waals surface area contributed by atoms with Crippen molar-refractivity contribution in [1.82, 2.24) is 9.36 Å². The number of sulfonamides is 1. The van der Waals surface area contributed by atoms with Crippen LogP contribution < -0.4 is 10.5 Å². The van der Waals surface area contributed by atoms with E-state index in [0.717, 1.165) is 17.6 Å². The maximum absolute atomic E-state index is 13.5. The molecule has 0 fully saturated rings. The SMILES string of the molecule is Cc1nsc(NS(=O)(=O)c2cc(N)cc(F)c2C)n1. The van der Waals surface area contributed by atoms with E-state index in [-0.39, 0.29) is 21.3 Å². The van der Waals surface area contributed by atoms with Crippen molar-refractivity contribution in [3.05, 3.63) is 29.3 Å². The lowest BCUT2D eigenvalue weighted by atomic mass is 10.2.